The molecule has 1 aromatic carbocycles. The third-order valence-corrected chi connectivity index (χ3v) is 7.02. The van der Waals surface area contributed by atoms with Crippen LogP contribution in [0.1, 0.15) is 28.6 Å². The van der Waals surface area contributed by atoms with Gasteiger partial charge in [0.1, 0.15) is 24.1 Å². The summed E-state index contributed by atoms with van der Waals surface area (Å²) in [5.41, 5.74) is 2.17. The van der Waals surface area contributed by atoms with Crippen molar-refractivity contribution >= 4 is 22.9 Å². The van der Waals surface area contributed by atoms with E-state index in [9.17, 15) is 15.3 Å². The summed E-state index contributed by atoms with van der Waals surface area (Å²) in [7, 11) is 0. The molecule has 1 fully saturated rings. The van der Waals surface area contributed by atoms with Crippen molar-refractivity contribution in [2.75, 3.05) is 0 Å². The number of halogens is 1. The van der Waals surface area contributed by atoms with Crippen molar-refractivity contribution in [1.29, 1.82) is 0 Å². The zero-order valence-corrected chi connectivity index (χ0v) is 17.6. The second-order valence-electron chi connectivity index (χ2n) is 7.58. The molecule has 2 aliphatic rings. The van der Waals surface area contributed by atoms with Crippen molar-refractivity contribution in [1.82, 2.24) is 4.98 Å². The fraction of sp³-hybridized carbons (Fsp3) is 0.381. The average molecular weight is 450 g/mol. The van der Waals surface area contributed by atoms with Crippen LogP contribution in [0.25, 0.3) is 10.6 Å². The van der Waals surface area contributed by atoms with E-state index in [-0.39, 0.29) is 6.61 Å². The molecule has 0 amide bonds. The first kappa shape index (κ1) is 20.1. The Balaban J connectivity index is 1.49. The van der Waals surface area contributed by atoms with Gasteiger partial charge in [-0.15, -0.1) is 11.3 Å². The highest BCUT2D eigenvalue weighted by molar-refractivity contribution is 7.15. The van der Waals surface area contributed by atoms with E-state index in [4.69, 9.17) is 25.5 Å². The first-order valence-corrected chi connectivity index (χ1v) is 10.7. The lowest BCUT2D eigenvalue weighted by Gasteiger charge is -2.45. The van der Waals surface area contributed by atoms with Crippen molar-refractivity contribution in [3.8, 4) is 10.6 Å². The lowest BCUT2D eigenvalue weighted by molar-refractivity contribution is -0.362. The number of nitrogens with zero attached hydrogens (tertiary/aromatic N) is 1. The summed E-state index contributed by atoms with van der Waals surface area (Å²) in [6.45, 7) is 1.81. The minimum atomic E-state index is -1.55. The Morgan fingerprint density at radius 3 is 2.87 bits per heavy atom. The number of rotatable bonds is 3. The normalized spacial score (nSPS) is 30.7. The predicted molar refractivity (Wildman–Crippen MR) is 109 cm³/mol. The monoisotopic (exact) mass is 449 g/mol. The molecule has 2 aromatic heterocycles. The molecule has 2 aliphatic heterocycles. The smallest absolute Gasteiger partial charge is 0.225 e. The fourth-order valence-corrected chi connectivity index (χ4v) is 5.20. The largest absolute Gasteiger partial charge is 0.463 e. The van der Waals surface area contributed by atoms with Gasteiger partial charge in [0.25, 0.3) is 0 Å². The van der Waals surface area contributed by atoms with Crippen LogP contribution >= 0.6 is 22.9 Å². The Hall–Kier alpha value is -1.78. The zero-order valence-electron chi connectivity index (χ0n) is 16.0. The summed E-state index contributed by atoms with van der Waals surface area (Å²) in [6.07, 6.45) is -0.905. The van der Waals surface area contributed by atoms with Crippen molar-refractivity contribution in [2.45, 2.75) is 50.2 Å². The molecule has 3 aromatic rings. The van der Waals surface area contributed by atoms with Crippen LogP contribution in [0.15, 0.2) is 41.1 Å². The van der Waals surface area contributed by atoms with E-state index in [1.54, 1.807) is 25.5 Å². The lowest BCUT2D eigenvalue weighted by Crippen LogP contribution is -2.62. The lowest BCUT2D eigenvalue weighted by atomic mass is 9.87. The van der Waals surface area contributed by atoms with Crippen LogP contribution < -0.4 is 0 Å². The van der Waals surface area contributed by atoms with Gasteiger partial charge in [0.05, 0.1) is 28.9 Å². The first-order valence-electron chi connectivity index (χ1n) is 9.55. The number of fused-ring (bicyclic) bond motifs is 2. The molecule has 5 rings (SSSR count). The summed E-state index contributed by atoms with van der Waals surface area (Å²) < 4.78 is 17.2. The summed E-state index contributed by atoms with van der Waals surface area (Å²) in [5.74, 6) is -0.791. The van der Waals surface area contributed by atoms with Gasteiger partial charge in [0.15, 0.2) is 0 Å². The highest BCUT2D eigenvalue weighted by atomic mass is 35.5. The zero-order chi connectivity index (χ0) is 21.0. The third-order valence-electron chi connectivity index (χ3n) is 5.65. The topological polar surface area (TPSA) is 105 Å². The third kappa shape index (κ3) is 3.11. The van der Waals surface area contributed by atoms with Crippen molar-refractivity contribution in [3.63, 3.8) is 0 Å². The van der Waals surface area contributed by atoms with Gasteiger partial charge in [-0.2, -0.15) is 0 Å². The van der Waals surface area contributed by atoms with E-state index in [1.165, 1.54) is 11.3 Å². The Kier molecular flexibility index (Phi) is 4.98. The molecule has 3 N–H and O–H groups in total. The summed E-state index contributed by atoms with van der Waals surface area (Å²) in [5, 5.41) is 32.5. The van der Waals surface area contributed by atoms with Gasteiger partial charge >= 0.3 is 0 Å². The molecule has 1 spiro atoms. The molecule has 0 aliphatic carbocycles. The van der Waals surface area contributed by atoms with Gasteiger partial charge < -0.3 is 29.2 Å². The minimum absolute atomic E-state index is 0.182. The second-order valence-corrected chi connectivity index (χ2v) is 9.10. The molecule has 0 saturated carbocycles. The molecule has 4 heterocycles. The number of hydrogen-bond acceptors (Lipinski definition) is 8. The first-order chi connectivity index (χ1) is 14.4. The molecule has 0 radical (unpaired) electrons. The molecule has 0 bridgehead atoms. The second kappa shape index (κ2) is 7.42. The number of aromatic nitrogens is 1. The Labute approximate surface area is 181 Å². The van der Waals surface area contributed by atoms with Gasteiger partial charge in [-0.3, -0.25) is 0 Å². The molecule has 30 heavy (non-hydrogen) atoms. The van der Waals surface area contributed by atoms with Crippen LogP contribution in [0.2, 0.25) is 5.02 Å². The molecule has 158 valence electrons. The van der Waals surface area contributed by atoms with Crippen LogP contribution in [0.5, 0.6) is 0 Å². The minimum Gasteiger partial charge on any atom is -0.463 e. The molecular formula is C21H20ClNO6S. The SMILES string of the molecule is C[C@H]1O[C@]2(OCc3cc(Cl)c(Cc4ncc(-c5ccco5)s4)cc32)[C@H](O)[C@@H](O)[C@@H]1O. The van der Waals surface area contributed by atoms with Crippen molar-refractivity contribution in [2.24, 2.45) is 0 Å². The Bertz CT molecular complexity index is 1070. The van der Waals surface area contributed by atoms with E-state index in [2.05, 4.69) is 4.98 Å². The van der Waals surface area contributed by atoms with Crippen LogP contribution in [-0.2, 0) is 28.3 Å². The Morgan fingerprint density at radius 1 is 1.27 bits per heavy atom. The Morgan fingerprint density at radius 2 is 2.10 bits per heavy atom. The molecule has 0 unspecified atom stereocenters. The quantitative estimate of drug-likeness (QED) is 0.564. The van der Waals surface area contributed by atoms with E-state index in [1.807, 2.05) is 18.2 Å². The van der Waals surface area contributed by atoms with Gasteiger partial charge in [-0.1, -0.05) is 11.6 Å². The number of aliphatic hydroxyl groups excluding tert-OH is 3. The molecule has 9 heteroatoms. The standard InChI is InChI=1S/C21H20ClNO6S/c1-10-18(24)19(25)20(26)21(29-10)13-5-11(14(22)6-12(13)9-28-21)7-17-23-8-16(30-17)15-3-2-4-27-15/h2-6,8,10,18-20,24-26H,7,9H2,1H3/t10-,18-,19+,20-,21+/m1/s1. The molecule has 7 nitrogen and oxygen atoms in total. The maximum Gasteiger partial charge on any atom is 0.225 e. The average Bonchev–Trinajstić information content (AvgIpc) is 3.47. The maximum atomic E-state index is 10.7. The highest BCUT2D eigenvalue weighted by Crippen LogP contribution is 2.47. The van der Waals surface area contributed by atoms with E-state index < -0.39 is 30.2 Å². The van der Waals surface area contributed by atoms with E-state index >= 15 is 0 Å². The maximum absolute atomic E-state index is 10.7. The van der Waals surface area contributed by atoms with Crippen LogP contribution in [0.4, 0.5) is 0 Å². The van der Waals surface area contributed by atoms with Crippen LogP contribution in [0, 0.1) is 0 Å². The number of aliphatic hydroxyl groups is 3. The molecule has 1 saturated heterocycles. The summed E-state index contributed by atoms with van der Waals surface area (Å²) in [4.78, 5) is 5.39. The van der Waals surface area contributed by atoms with E-state index in [0.717, 1.165) is 26.8 Å². The highest BCUT2D eigenvalue weighted by Gasteiger charge is 2.57. The summed E-state index contributed by atoms with van der Waals surface area (Å²) in [6, 6.07) is 7.33. The molecular weight excluding hydrogens is 430 g/mol. The number of thiazole rings is 1. The predicted octanol–water partition coefficient (Wildman–Crippen LogP) is 2.83. The number of furan rings is 1. The van der Waals surface area contributed by atoms with Crippen molar-refractivity contribution in [3.05, 3.63) is 63.4 Å². The molecule has 5 atom stereocenters. The van der Waals surface area contributed by atoms with Crippen LogP contribution in [0.3, 0.4) is 0 Å². The van der Waals surface area contributed by atoms with Gasteiger partial charge in [0, 0.05) is 23.2 Å². The number of ether oxygens (including phenoxy) is 2. The number of benzene rings is 1. The van der Waals surface area contributed by atoms with Gasteiger partial charge in [-0.25, -0.2) is 4.98 Å². The number of hydrogen-bond donors (Lipinski definition) is 3. The van der Waals surface area contributed by atoms with Gasteiger partial charge in [0.2, 0.25) is 5.79 Å². The van der Waals surface area contributed by atoms with Gasteiger partial charge in [-0.05, 0) is 42.3 Å². The fourth-order valence-electron chi connectivity index (χ4n) is 4.04. The van der Waals surface area contributed by atoms with E-state index in [0.29, 0.717) is 17.0 Å². The van der Waals surface area contributed by atoms with Crippen molar-refractivity contribution < 1.29 is 29.2 Å². The van der Waals surface area contributed by atoms with Crippen LogP contribution in [-0.4, -0.2) is 44.7 Å². The summed E-state index contributed by atoms with van der Waals surface area (Å²) >= 11 is 8.03.